The molecule has 1 aliphatic rings. The standard InChI is InChI=1S/C22H33N3S2/c1-4-6-16(3)25-12-9-17(10-13-25)20-15-27-21-8-7-18(14-19(20)21)24-22(26)23-11-5-2/h7-8,14-17H,4-6,9-13H2,1-3H3,(H2,23,24,26). The van der Waals surface area contributed by atoms with Gasteiger partial charge in [0.25, 0.3) is 0 Å². The van der Waals surface area contributed by atoms with Crippen molar-refractivity contribution in [1.82, 2.24) is 10.2 Å². The second-order valence-corrected chi connectivity index (χ2v) is 9.05. The maximum Gasteiger partial charge on any atom is 0.170 e. The van der Waals surface area contributed by atoms with Crippen LogP contribution >= 0.6 is 23.6 Å². The molecule has 0 amide bonds. The van der Waals surface area contributed by atoms with E-state index in [4.69, 9.17) is 12.2 Å². The van der Waals surface area contributed by atoms with Gasteiger partial charge in [0.2, 0.25) is 0 Å². The van der Waals surface area contributed by atoms with Crippen molar-refractivity contribution in [1.29, 1.82) is 0 Å². The summed E-state index contributed by atoms with van der Waals surface area (Å²) in [7, 11) is 0. The Kier molecular flexibility index (Phi) is 7.50. The molecule has 2 N–H and O–H groups in total. The van der Waals surface area contributed by atoms with E-state index in [-0.39, 0.29) is 0 Å². The Morgan fingerprint density at radius 3 is 2.74 bits per heavy atom. The van der Waals surface area contributed by atoms with Gasteiger partial charge in [0.15, 0.2) is 5.11 Å². The van der Waals surface area contributed by atoms with Crippen LogP contribution in [0.4, 0.5) is 5.69 Å². The minimum absolute atomic E-state index is 0.684. The number of piperidine rings is 1. The lowest BCUT2D eigenvalue weighted by Crippen LogP contribution is -2.39. The molecule has 0 aliphatic carbocycles. The van der Waals surface area contributed by atoms with Crippen LogP contribution < -0.4 is 10.6 Å². The molecule has 3 nitrogen and oxygen atoms in total. The molecule has 1 aromatic carbocycles. The number of rotatable bonds is 7. The number of nitrogens with zero attached hydrogens (tertiary/aromatic N) is 1. The summed E-state index contributed by atoms with van der Waals surface area (Å²) in [6.45, 7) is 10.2. The summed E-state index contributed by atoms with van der Waals surface area (Å²) >= 11 is 7.27. The van der Waals surface area contributed by atoms with Crippen molar-refractivity contribution in [2.45, 2.75) is 64.8 Å². The van der Waals surface area contributed by atoms with Crippen LogP contribution in [0, 0.1) is 0 Å². The van der Waals surface area contributed by atoms with Crippen molar-refractivity contribution in [3.05, 3.63) is 29.1 Å². The molecular weight excluding hydrogens is 370 g/mol. The van der Waals surface area contributed by atoms with Gasteiger partial charge in [-0.05, 0) is 98.4 Å². The summed E-state index contributed by atoms with van der Waals surface area (Å²) in [4.78, 5) is 2.68. The fourth-order valence-corrected chi connectivity index (χ4v) is 5.35. The molecule has 3 rings (SSSR count). The van der Waals surface area contributed by atoms with Crippen molar-refractivity contribution in [3.8, 4) is 0 Å². The normalized spacial score (nSPS) is 17.1. The molecule has 1 atom stereocenters. The topological polar surface area (TPSA) is 27.3 Å². The number of thiocarbonyl (C=S) groups is 1. The molecule has 148 valence electrons. The summed E-state index contributed by atoms with van der Waals surface area (Å²) in [5, 5.41) is 11.1. The molecule has 2 heterocycles. The van der Waals surface area contributed by atoms with Gasteiger partial charge in [-0.15, -0.1) is 11.3 Å². The second kappa shape index (κ2) is 9.85. The van der Waals surface area contributed by atoms with E-state index in [2.05, 4.69) is 59.9 Å². The highest BCUT2D eigenvalue weighted by Crippen LogP contribution is 2.38. The van der Waals surface area contributed by atoms with Gasteiger partial charge in [-0.3, -0.25) is 0 Å². The van der Waals surface area contributed by atoms with Gasteiger partial charge >= 0.3 is 0 Å². The Labute approximate surface area is 173 Å². The molecule has 0 bridgehead atoms. The zero-order valence-electron chi connectivity index (χ0n) is 16.9. The van der Waals surface area contributed by atoms with Crippen molar-refractivity contribution in [3.63, 3.8) is 0 Å². The van der Waals surface area contributed by atoms with Crippen LogP contribution in [0.25, 0.3) is 10.1 Å². The lowest BCUT2D eigenvalue weighted by atomic mass is 9.88. The van der Waals surface area contributed by atoms with Gasteiger partial charge in [-0.2, -0.15) is 0 Å². The average Bonchev–Trinajstić information content (AvgIpc) is 3.10. The number of thiophene rings is 1. The van der Waals surface area contributed by atoms with E-state index in [9.17, 15) is 0 Å². The van der Waals surface area contributed by atoms with Crippen LogP contribution in [0.2, 0.25) is 0 Å². The maximum absolute atomic E-state index is 5.40. The fourth-order valence-electron chi connectivity index (χ4n) is 4.11. The van der Waals surface area contributed by atoms with E-state index in [1.54, 1.807) is 0 Å². The second-order valence-electron chi connectivity index (χ2n) is 7.73. The molecule has 27 heavy (non-hydrogen) atoms. The summed E-state index contributed by atoms with van der Waals surface area (Å²) < 4.78 is 1.38. The van der Waals surface area contributed by atoms with E-state index >= 15 is 0 Å². The molecule has 1 aliphatic heterocycles. The van der Waals surface area contributed by atoms with Gasteiger partial charge in [-0.1, -0.05) is 20.3 Å². The van der Waals surface area contributed by atoms with E-state index in [0.717, 1.165) is 24.7 Å². The predicted octanol–water partition coefficient (Wildman–Crippen LogP) is 5.97. The van der Waals surface area contributed by atoms with E-state index < -0.39 is 0 Å². The highest BCUT2D eigenvalue weighted by molar-refractivity contribution is 7.80. The SMILES string of the molecule is CCCNC(=S)Nc1ccc2scc(C3CCN(C(C)CCC)CC3)c2c1. The van der Waals surface area contributed by atoms with Crippen LogP contribution in [0.3, 0.4) is 0 Å². The summed E-state index contributed by atoms with van der Waals surface area (Å²) in [6, 6.07) is 7.37. The van der Waals surface area contributed by atoms with Crippen LogP contribution in [-0.4, -0.2) is 35.7 Å². The molecule has 1 aromatic heterocycles. The Morgan fingerprint density at radius 1 is 1.26 bits per heavy atom. The first-order valence-corrected chi connectivity index (χ1v) is 11.7. The Balaban J connectivity index is 1.68. The number of likely N-dealkylation sites (tertiary alicyclic amines) is 1. The zero-order valence-corrected chi connectivity index (χ0v) is 18.5. The summed E-state index contributed by atoms with van der Waals surface area (Å²) in [5.74, 6) is 0.684. The van der Waals surface area contributed by atoms with E-state index in [0.29, 0.717) is 11.0 Å². The number of nitrogens with one attached hydrogen (secondary N) is 2. The van der Waals surface area contributed by atoms with Gasteiger partial charge in [0.05, 0.1) is 0 Å². The van der Waals surface area contributed by atoms with Gasteiger partial charge in [-0.25, -0.2) is 0 Å². The lowest BCUT2D eigenvalue weighted by Gasteiger charge is -2.36. The van der Waals surface area contributed by atoms with Crippen molar-refractivity contribution in [2.75, 3.05) is 25.0 Å². The predicted molar refractivity (Wildman–Crippen MR) is 124 cm³/mol. The van der Waals surface area contributed by atoms with E-state index in [1.165, 1.54) is 54.4 Å². The number of hydrogen-bond donors (Lipinski definition) is 2. The highest BCUT2D eigenvalue weighted by Gasteiger charge is 2.25. The molecule has 1 saturated heterocycles. The Hall–Kier alpha value is -1.17. The smallest absolute Gasteiger partial charge is 0.170 e. The lowest BCUT2D eigenvalue weighted by molar-refractivity contribution is 0.155. The van der Waals surface area contributed by atoms with Gasteiger partial charge < -0.3 is 15.5 Å². The molecule has 5 heteroatoms. The first kappa shape index (κ1) is 20.6. The minimum Gasteiger partial charge on any atom is -0.362 e. The third-order valence-electron chi connectivity index (χ3n) is 5.70. The summed E-state index contributed by atoms with van der Waals surface area (Å²) in [6.07, 6.45) is 6.21. The van der Waals surface area contributed by atoms with Crippen LogP contribution in [0.1, 0.15) is 64.4 Å². The first-order valence-electron chi connectivity index (χ1n) is 10.4. The molecule has 0 saturated carbocycles. The number of fused-ring (bicyclic) bond motifs is 1. The molecule has 1 fully saturated rings. The molecule has 2 aromatic rings. The summed E-state index contributed by atoms with van der Waals surface area (Å²) in [5.41, 5.74) is 2.62. The van der Waals surface area contributed by atoms with Crippen LogP contribution in [0.15, 0.2) is 23.6 Å². The Bertz CT molecular complexity index is 747. The Morgan fingerprint density at radius 2 is 2.04 bits per heavy atom. The largest absolute Gasteiger partial charge is 0.362 e. The van der Waals surface area contributed by atoms with Crippen molar-refractivity contribution < 1.29 is 0 Å². The van der Waals surface area contributed by atoms with E-state index in [1.807, 2.05) is 11.3 Å². The van der Waals surface area contributed by atoms with Crippen molar-refractivity contribution >= 4 is 44.4 Å². The molecular formula is C22H33N3S2. The highest BCUT2D eigenvalue weighted by atomic mass is 32.1. The molecule has 0 radical (unpaired) electrons. The maximum atomic E-state index is 5.40. The minimum atomic E-state index is 0.684. The van der Waals surface area contributed by atoms with Gasteiger partial charge in [0, 0.05) is 23.0 Å². The quantitative estimate of drug-likeness (QED) is 0.557. The number of benzene rings is 1. The first-order chi connectivity index (χ1) is 13.1. The monoisotopic (exact) mass is 403 g/mol. The van der Waals surface area contributed by atoms with Crippen LogP contribution in [-0.2, 0) is 0 Å². The zero-order chi connectivity index (χ0) is 19.2. The van der Waals surface area contributed by atoms with Gasteiger partial charge in [0.1, 0.15) is 0 Å². The average molecular weight is 404 g/mol. The molecule has 0 spiro atoms. The third-order valence-corrected chi connectivity index (χ3v) is 6.92. The fraction of sp³-hybridized carbons (Fsp3) is 0.591. The number of hydrogen-bond acceptors (Lipinski definition) is 3. The van der Waals surface area contributed by atoms with Crippen molar-refractivity contribution in [2.24, 2.45) is 0 Å². The number of anilines is 1. The third kappa shape index (κ3) is 5.21. The molecule has 1 unspecified atom stereocenters. The van der Waals surface area contributed by atoms with Crippen LogP contribution in [0.5, 0.6) is 0 Å².